The standard InChI is InChI=1S/C25H29FN6O/c1-17-21-8-9-23(33)32(14-10-18-4-6-20(26)7-5-18)25(21)30-24(29-17)19-3-2-13-31(15-19)16-22-27-11-12-28-22/h4-7,11-12,19H,2-3,8-10,13-16H2,1H3,(H,27,28). The Balaban J connectivity index is 1.36. The molecule has 172 valence electrons. The van der Waals surface area contributed by atoms with E-state index in [2.05, 4.69) is 14.9 Å². The summed E-state index contributed by atoms with van der Waals surface area (Å²) in [5.41, 5.74) is 3.04. The highest BCUT2D eigenvalue weighted by atomic mass is 19.1. The minimum Gasteiger partial charge on any atom is -0.348 e. The molecule has 0 aliphatic carbocycles. The van der Waals surface area contributed by atoms with Crippen molar-refractivity contribution in [1.82, 2.24) is 24.8 Å². The first-order valence-electron chi connectivity index (χ1n) is 11.7. The van der Waals surface area contributed by atoms with Crippen molar-refractivity contribution < 1.29 is 9.18 Å². The Bertz CT molecular complexity index is 1110. The lowest BCUT2D eigenvalue weighted by Gasteiger charge is -2.33. The number of halogens is 1. The van der Waals surface area contributed by atoms with E-state index in [9.17, 15) is 9.18 Å². The zero-order valence-electron chi connectivity index (χ0n) is 18.9. The second kappa shape index (κ2) is 9.39. The molecule has 0 spiro atoms. The Labute approximate surface area is 193 Å². The maximum absolute atomic E-state index is 13.2. The van der Waals surface area contributed by atoms with Crippen molar-refractivity contribution in [3.05, 3.63) is 70.9 Å². The molecule has 3 aromatic rings. The first-order valence-corrected chi connectivity index (χ1v) is 11.7. The molecule has 2 aliphatic heterocycles. The lowest BCUT2D eigenvalue weighted by molar-refractivity contribution is -0.118. The van der Waals surface area contributed by atoms with Crippen LogP contribution in [0.3, 0.4) is 0 Å². The number of imidazole rings is 1. The summed E-state index contributed by atoms with van der Waals surface area (Å²) in [7, 11) is 0. The van der Waals surface area contributed by atoms with Crippen molar-refractivity contribution in [3.63, 3.8) is 0 Å². The zero-order valence-corrected chi connectivity index (χ0v) is 18.9. The Morgan fingerprint density at radius 1 is 1.18 bits per heavy atom. The number of nitrogens with one attached hydrogen (secondary N) is 1. The minimum absolute atomic E-state index is 0.0942. The van der Waals surface area contributed by atoms with Crippen LogP contribution in [0.1, 0.15) is 53.7 Å². The highest BCUT2D eigenvalue weighted by Gasteiger charge is 2.31. The average molecular weight is 449 g/mol. The lowest BCUT2D eigenvalue weighted by atomic mass is 9.96. The number of aromatic amines is 1. The number of anilines is 1. The molecule has 2 aliphatic rings. The number of H-pyrrole nitrogens is 1. The third-order valence-corrected chi connectivity index (χ3v) is 6.69. The van der Waals surface area contributed by atoms with Crippen LogP contribution in [0.2, 0.25) is 0 Å². The maximum atomic E-state index is 13.2. The number of benzene rings is 1. The summed E-state index contributed by atoms with van der Waals surface area (Å²) < 4.78 is 13.2. The second-order valence-electron chi connectivity index (χ2n) is 9.00. The van der Waals surface area contributed by atoms with E-state index in [1.165, 1.54) is 12.1 Å². The van der Waals surface area contributed by atoms with Crippen LogP contribution in [0.5, 0.6) is 0 Å². The van der Waals surface area contributed by atoms with Crippen LogP contribution < -0.4 is 4.90 Å². The largest absolute Gasteiger partial charge is 0.348 e. The van der Waals surface area contributed by atoms with Gasteiger partial charge in [0.2, 0.25) is 5.91 Å². The van der Waals surface area contributed by atoms with E-state index in [0.717, 1.165) is 66.8 Å². The number of amides is 1. The average Bonchev–Trinajstić information content (AvgIpc) is 3.32. The van der Waals surface area contributed by atoms with Gasteiger partial charge >= 0.3 is 0 Å². The van der Waals surface area contributed by atoms with Gasteiger partial charge in [0, 0.05) is 49.1 Å². The lowest BCUT2D eigenvalue weighted by Crippen LogP contribution is -2.39. The van der Waals surface area contributed by atoms with Crippen molar-refractivity contribution in [1.29, 1.82) is 0 Å². The number of fused-ring (bicyclic) bond motifs is 1. The SMILES string of the molecule is Cc1nc(C2CCCN(Cc3ncc[nH]3)C2)nc2c1CCC(=O)N2CCc1ccc(F)cc1. The van der Waals surface area contributed by atoms with E-state index in [0.29, 0.717) is 25.8 Å². The zero-order chi connectivity index (χ0) is 22.8. The molecule has 7 nitrogen and oxygen atoms in total. The summed E-state index contributed by atoms with van der Waals surface area (Å²) >= 11 is 0. The van der Waals surface area contributed by atoms with E-state index < -0.39 is 0 Å². The van der Waals surface area contributed by atoms with Gasteiger partial charge in [0.25, 0.3) is 0 Å². The molecule has 8 heteroatoms. The fourth-order valence-electron chi connectivity index (χ4n) is 4.91. The number of aryl methyl sites for hydroxylation is 1. The van der Waals surface area contributed by atoms with Crippen LogP contribution in [-0.4, -0.2) is 50.4 Å². The van der Waals surface area contributed by atoms with Crippen LogP contribution in [0.4, 0.5) is 10.2 Å². The van der Waals surface area contributed by atoms with Crippen LogP contribution in [0, 0.1) is 12.7 Å². The summed E-state index contributed by atoms with van der Waals surface area (Å²) in [4.78, 5) is 34.4. The Morgan fingerprint density at radius 3 is 2.82 bits per heavy atom. The number of piperidine rings is 1. The van der Waals surface area contributed by atoms with Crippen LogP contribution in [0.15, 0.2) is 36.7 Å². The van der Waals surface area contributed by atoms with Gasteiger partial charge in [-0.3, -0.25) is 14.6 Å². The first kappa shape index (κ1) is 21.7. The maximum Gasteiger partial charge on any atom is 0.228 e. The normalized spacial score (nSPS) is 19.0. The number of hydrogen-bond acceptors (Lipinski definition) is 5. The predicted octanol–water partition coefficient (Wildman–Crippen LogP) is 3.55. The molecule has 1 amide bonds. The molecule has 1 fully saturated rings. The molecule has 0 saturated carbocycles. The van der Waals surface area contributed by atoms with E-state index >= 15 is 0 Å². The third kappa shape index (κ3) is 4.80. The fourth-order valence-corrected chi connectivity index (χ4v) is 4.91. The van der Waals surface area contributed by atoms with Gasteiger partial charge in [0.1, 0.15) is 23.3 Å². The van der Waals surface area contributed by atoms with Crippen molar-refractivity contribution in [2.45, 2.75) is 51.5 Å². The van der Waals surface area contributed by atoms with Gasteiger partial charge in [-0.15, -0.1) is 0 Å². The summed E-state index contributed by atoms with van der Waals surface area (Å²) in [6.07, 6.45) is 7.57. The molecule has 2 aromatic heterocycles. The first-order chi connectivity index (χ1) is 16.1. The molecule has 33 heavy (non-hydrogen) atoms. The Hall–Kier alpha value is -3.13. The van der Waals surface area contributed by atoms with Crippen LogP contribution >= 0.6 is 0 Å². The van der Waals surface area contributed by atoms with Gasteiger partial charge in [0.15, 0.2) is 0 Å². The van der Waals surface area contributed by atoms with Gasteiger partial charge in [0.05, 0.1) is 6.54 Å². The van der Waals surface area contributed by atoms with Crippen LogP contribution in [0.25, 0.3) is 0 Å². The van der Waals surface area contributed by atoms with E-state index in [1.807, 2.05) is 18.0 Å². The van der Waals surface area contributed by atoms with E-state index in [1.54, 1.807) is 18.3 Å². The minimum atomic E-state index is -0.250. The van der Waals surface area contributed by atoms with Crippen molar-refractivity contribution in [2.75, 3.05) is 24.5 Å². The molecule has 1 aromatic carbocycles. The fraction of sp³-hybridized carbons (Fsp3) is 0.440. The monoisotopic (exact) mass is 448 g/mol. The Kier molecular flexibility index (Phi) is 6.17. The molecule has 1 atom stereocenters. The number of aromatic nitrogens is 4. The third-order valence-electron chi connectivity index (χ3n) is 6.69. The molecule has 1 N–H and O–H groups in total. The highest BCUT2D eigenvalue weighted by Crippen LogP contribution is 2.32. The molecular formula is C25H29FN6O. The van der Waals surface area contributed by atoms with Gasteiger partial charge in [-0.2, -0.15) is 0 Å². The quantitative estimate of drug-likeness (QED) is 0.624. The molecule has 5 rings (SSSR count). The van der Waals surface area contributed by atoms with Crippen molar-refractivity contribution in [3.8, 4) is 0 Å². The summed E-state index contributed by atoms with van der Waals surface area (Å²) in [6, 6.07) is 6.47. The van der Waals surface area contributed by atoms with Crippen molar-refractivity contribution >= 4 is 11.7 Å². The molecule has 0 bridgehead atoms. The topological polar surface area (TPSA) is 78.0 Å². The van der Waals surface area contributed by atoms with E-state index in [-0.39, 0.29) is 17.6 Å². The number of rotatable bonds is 6. The number of carbonyl (C=O) groups is 1. The molecule has 1 saturated heterocycles. The van der Waals surface area contributed by atoms with Crippen LogP contribution in [-0.2, 0) is 24.2 Å². The van der Waals surface area contributed by atoms with Gasteiger partial charge in [-0.1, -0.05) is 12.1 Å². The van der Waals surface area contributed by atoms with Gasteiger partial charge in [-0.05, 0) is 56.8 Å². The summed E-state index contributed by atoms with van der Waals surface area (Å²) in [5, 5.41) is 0. The summed E-state index contributed by atoms with van der Waals surface area (Å²) in [5.74, 6) is 2.64. The summed E-state index contributed by atoms with van der Waals surface area (Å²) in [6.45, 7) is 5.26. The Morgan fingerprint density at radius 2 is 2.03 bits per heavy atom. The smallest absolute Gasteiger partial charge is 0.228 e. The number of nitrogens with zero attached hydrogens (tertiary/aromatic N) is 5. The molecule has 0 radical (unpaired) electrons. The number of carbonyl (C=O) groups excluding carboxylic acids is 1. The van der Waals surface area contributed by atoms with Gasteiger partial charge < -0.3 is 4.98 Å². The molecular weight excluding hydrogens is 419 g/mol. The highest BCUT2D eigenvalue weighted by molar-refractivity contribution is 5.95. The predicted molar refractivity (Wildman–Crippen MR) is 123 cm³/mol. The van der Waals surface area contributed by atoms with Crippen molar-refractivity contribution in [2.24, 2.45) is 0 Å². The number of likely N-dealkylation sites (tertiary alicyclic amines) is 1. The molecule has 1 unspecified atom stereocenters. The number of hydrogen-bond donors (Lipinski definition) is 1. The van der Waals surface area contributed by atoms with Gasteiger partial charge in [-0.25, -0.2) is 19.3 Å². The van der Waals surface area contributed by atoms with E-state index in [4.69, 9.17) is 9.97 Å². The second-order valence-corrected chi connectivity index (χ2v) is 9.00. The molecule has 4 heterocycles.